The minimum Gasteiger partial charge on any atom is -0.507 e. The number of anilines is 2. The van der Waals surface area contributed by atoms with E-state index < -0.39 is 10.0 Å². The summed E-state index contributed by atoms with van der Waals surface area (Å²) in [5.74, 6) is 0.594. The number of hydrogen-bond donors (Lipinski definition) is 6. The molecule has 0 atom stereocenters. The van der Waals surface area contributed by atoms with E-state index in [0.29, 0.717) is 71.3 Å². The number of nitrogens with zero attached hydrogens (tertiary/aromatic N) is 2. The Bertz CT molecular complexity index is 2550. The average molecular weight is 909 g/mol. The van der Waals surface area contributed by atoms with E-state index in [4.69, 9.17) is 22.1 Å². The molecule has 0 saturated heterocycles. The molecular weight excluding hydrogens is 850 g/mol. The van der Waals surface area contributed by atoms with Gasteiger partial charge in [-0.1, -0.05) is 124 Å². The molecule has 0 aliphatic rings. The second-order valence-corrected chi connectivity index (χ2v) is 18.0. The van der Waals surface area contributed by atoms with E-state index in [1.54, 1.807) is 60.8 Å². The van der Waals surface area contributed by atoms with Gasteiger partial charge in [0, 0.05) is 54.7 Å². The molecule has 15 heteroatoms. The molecule has 338 valence electrons. The Kier molecular flexibility index (Phi) is 17.8. The molecule has 0 bridgehead atoms. The normalized spacial score (nSPS) is 11.4. The number of carbonyl (C=O) groups is 2. The van der Waals surface area contributed by atoms with Crippen LogP contribution in [0.2, 0.25) is 5.02 Å². The highest BCUT2D eigenvalue weighted by Crippen LogP contribution is 2.32. The van der Waals surface area contributed by atoms with Gasteiger partial charge in [-0.25, -0.2) is 8.42 Å². The van der Waals surface area contributed by atoms with Crippen LogP contribution in [0.25, 0.3) is 22.2 Å². The standard InChI is InChI=1S/C49H58ClN7O6S/c50-41-34-54-47-39(41)17-15-18-42(47)57-64(61,62)38-27-23-36(24-28-38)33-53-46(59)20-11-9-7-5-3-1-2-4-6-8-10-14-30-52-49(60)37-25-21-35(22-26-37)29-31-63-45-32-43(55-56-48(45)51)40-16-12-13-19-44(40)58/h12-13,15-19,21-28,32,34,54,57-58H,1-11,14,20,29-31,33H2,(H2,51,56)(H,52,60)(H,53,59). The van der Waals surface area contributed by atoms with Crippen molar-refractivity contribution in [3.8, 4) is 22.8 Å². The van der Waals surface area contributed by atoms with Crippen molar-refractivity contribution in [2.75, 3.05) is 23.6 Å². The fourth-order valence-electron chi connectivity index (χ4n) is 7.39. The number of aromatic hydroxyl groups is 1. The van der Waals surface area contributed by atoms with Crippen LogP contribution in [0, 0.1) is 0 Å². The first kappa shape index (κ1) is 47.4. The van der Waals surface area contributed by atoms with Crippen LogP contribution in [0.4, 0.5) is 11.5 Å². The summed E-state index contributed by atoms with van der Waals surface area (Å²) in [4.78, 5) is 28.2. The quantitative estimate of drug-likeness (QED) is 0.0287. The molecule has 0 aliphatic carbocycles. The van der Waals surface area contributed by atoms with Crippen molar-refractivity contribution >= 4 is 55.8 Å². The number of phenolic OH excluding ortho intramolecular Hbond substituents is 1. The number of fused-ring (bicyclic) bond motifs is 1. The lowest BCUT2D eigenvalue weighted by Crippen LogP contribution is -2.24. The lowest BCUT2D eigenvalue weighted by molar-refractivity contribution is -0.121. The summed E-state index contributed by atoms with van der Waals surface area (Å²) >= 11 is 6.18. The van der Waals surface area contributed by atoms with Crippen molar-refractivity contribution in [3.05, 3.63) is 125 Å². The Morgan fingerprint density at radius 2 is 1.41 bits per heavy atom. The average Bonchev–Trinajstić information content (AvgIpc) is 3.69. The van der Waals surface area contributed by atoms with E-state index in [9.17, 15) is 23.1 Å². The highest BCUT2D eigenvalue weighted by Gasteiger charge is 2.17. The Morgan fingerprint density at radius 1 is 0.750 bits per heavy atom. The largest absolute Gasteiger partial charge is 0.507 e. The molecule has 2 amide bonds. The van der Waals surface area contributed by atoms with Crippen LogP contribution in [-0.2, 0) is 27.8 Å². The zero-order valence-corrected chi connectivity index (χ0v) is 37.7. The number of rotatable bonds is 26. The zero-order chi connectivity index (χ0) is 45.2. The number of nitrogen functional groups attached to an aromatic ring is 1. The number of para-hydroxylation sites is 2. The van der Waals surface area contributed by atoms with Crippen LogP contribution in [-0.4, -0.2) is 53.7 Å². The number of halogens is 1. The number of nitrogens with two attached hydrogens (primary N) is 1. The second kappa shape index (κ2) is 24.1. The molecule has 0 spiro atoms. The number of H-pyrrole nitrogens is 1. The summed E-state index contributed by atoms with van der Waals surface area (Å²) in [6, 6.07) is 27.8. The summed E-state index contributed by atoms with van der Waals surface area (Å²) in [6.07, 6.45) is 16.2. The highest BCUT2D eigenvalue weighted by molar-refractivity contribution is 7.92. The lowest BCUT2D eigenvalue weighted by Gasteiger charge is -2.10. The van der Waals surface area contributed by atoms with Gasteiger partial charge in [-0.2, -0.15) is 0 Å². The molecule has 64 heavy (non-hydrogen) atoms. The smallest absolute Gasteiger partial charge is 0.261 e. The number of hydrogen-bond acceptors (Lipinski definition) is 9. The second-order valence-electron chi connectivity index (χ2n) is 15.9. The van der Waals surface area contributed by atoms with Crippen molar-refractivity contribution in [1.82, 2.24) is 25.8 Å². The maximum Gasteiger partial charge on any atom is 0.261 e. The van der Waals surface area contributed by atoms with Gasteiger partial charge in [0.1, 0.15) is 11.4 Å². The van der Waals surface area contributed by atoms with Crippen LogP contribution < -0.4 is 25.8 Å². The van der Waals surface area contributed by atoms with Crippen molar-refractivity contribution in [2.45, 2.75) is 101 Å². The Balaban J connectivity index is 0.727. The number of amides is 2. The van der Waals surface area contributed by atoms with Gasteiger partial charge in [0.05, 0.1) is 27.7 Å². The zero-order valence-electron chi connectivity index (χ0n) is 36.1. The van der Waals surface area contributed by atoms with Gasteiger partial charge in [0.15, 0.2) is 11.6 Å². The lowest BCUT2D eigenvalue weighted by atomic mass is 10.0. The van der Waals surface area contributed by atoms with Gasteiger partial charge in [-0.05, 0) is 66.4 Å². The monoisotopic (exact) mass is 907 g/mol. The number of aromatic nitrogens is 3. The Morgan fingerprint density at radius 3 is 2.11 bits per heavy atom. The predicted octanol–water partition coefficient (Wildman–Crippen LogP) is 10.1. The Labute approximate surface area is 380 Å². The number of unbranched alkanes of at least 4 members (excludes halogenated alkanes) is 11. The molecule has 13 nitrogen and oxygen atoms in total. The van der Waals surface area contributed by atoms with E-state index in [2.05, 4.69) is 30.5 Å². The first-order valence-corrected chi connectivity index (χ1v) is 24.0. The van der Waals surface area contributed by atoms with Gasteiger partial charge in [-0.15, -0.1) is 10.2 Å². The minimum absolute atomic E-state index is 0.00173. The van der Waals surface area contributed by atoms with Crippen LogP contribution in [0.3, 0.4) is 0 Å². The maximum atomic E-state index is 13.0. The summed E-state index contributed by atoms with van der Waals surface area (Å²) in [7, 11) is -3.82. The van der Waals surface area contributed by atoms with Gasteiger partial charge < -0.3 is 31.2 Å². The van der Waals surface area contributed by atoms with E-state index >= 15 is 0 Å². The molecule has 0 unspecified atom stereocenters. The molecule has 0 saturated carbocycles. The molecule has 7 N–H and O–H groups in total. The van der Waals surface area contributed by atoms with Crippen molar-refractivity contribution in [3.63, 3.8) is 0 Å². The number of nitrogens with one attached hydrogen (secondary N) is 4. The van der Waals surface area contributed by atoms with E-state index in [1.807, 2.05) is 30.3 Å². The molecule has 0 aliphatic heterocycles. The van der Waals surface area contributed by atoms with Crippen LogP contribution in [0.1, 0.15) is 105 Å². The number of sulfonamides is 1. The molecule has 2 aromatic heterocycles. The number of benzene rings is 4. The Hall–Kier alpha value is -6.12. The molecule has 0 fully saturated rings. The fourth-order valence-corrected chi connectivity index (χ4v) is 8.67. The third-order valence-corrected chi connectivity index (χ3v) is 12.8. The first-order chi connectivity index (χ1) is 31.1. The van der Waals surface area contributed by atoms with Gasteiger partial charge in [0.25, 0.3) is 15.9 Å². The van der Waals surface area contributed by atoms with E-state index in [-0.39, 0.29) is 28.3 Å². The molecule has 6 rings (SSSR count). The predicted molar refractivity (Wildman–Crippen MR) is 254 cm³/mol. The van der Waals surface area contributed by atoms with Gasteiger partial charge >= 0.3 is 0 Å². The van der Waals surface area contributed by atoms with Gasteiger partial charge in [-0.3, -0.25) is 14.3 Å². The number of carbonyl (C=O) groups excluding carboxylic acids is 2. The van der Waals surface area contributed by atoms with Crippen molar-refractivity contribution < 1.29 is 27.9 Å². The van der Waals surface area contributed by atoms with Gasteiger partial charge in [0.2, 0.25) is 5.91 Å². The summed E-state index contributed by atoms with van der Waals surface area (Å²) < 4.78 is 34.6. The summed E-state index contributed by atoms with van der Waals surface area (Å²) in [5, 5.41) is 25.4. The molecular formula is C49H58ClN7O6S. The van der Waals surface area contributed by atoms with Crippen molar-refractivity contribution in [2.24, 2.45) is 0 Å². The fraction of sp³-hybridized carbons (Fsp3) is 0.347. The number of phenols is 1. The van der Waals surface area contributed by atoms with Crippen LogP contribution >= 0.6 is 11.6 Å². The van der Waals surface area contributed by atoms with E-state index in [1.165, 1.54) is 57.1 Å². The molecule has 0 radical (unpaired) electrons. The van der Waals surface area contributed by atoms with E-state index in [0.717, 1.165) is 48.6 Å². The third-order valence-electron chi connectivity index (χ3n) is 11.1. The highest BCUT2D eigenvalue weighted by atomic mass is 35.5. The van der Waals surface area contributed by atoms with Crippen LogP contribution in [0.15, 0.2) is 108 Å². The van der Waals surface area contributed by atoms with Crippen molar-refractivity contribution in [1.29, 1.82) is 0 Å². The summed E-state index contributed by atoms with van der Waals surface area (Å²) in [6.45, 7) is 1.36. The molecule has 4 aromatic carbocycles. The number of ether oxygens (including phenoxy) is 1. The molecule has 6 aromatic rings. The minimum atomic E-state index is -3.82. The maximum absolute atomic E-state index is 13.0. The van der Waals surface area contributed by atoms with Crippen LogP contribution in [0.5, 0.6) is 11.5 Å². The first-order valence-electron chi connectivity index (χ1n) is 22.1. The summed E-state index contributed by atoms with van der Waals surface area (Å²) in [5.41, 5.74) is 10.5. The topological polar surface area (TPSA) is 201 Å². The number of aromatic amines is 1. The third kappa shape index (κ3) is 14.2. The molecule has 2 heterocycles. The SMILES string of the molecule is Nc1nnc(-c2ccccc2O)cc1OCCc1ccc(C(=O)NCCCCCCCCCCCCCCC(=O)NCc2ccc(S(=O)(=O)Nc3cccc4c(Cl)c[nH]c34)cc2)cc1.